The molecule has 0 bridgehead atoms. The van der Waals surface area contributed by atoms with Gasteiger partial charge in [-0.25, -0.2) is 0 Å². The quantitative estimate of drug-likeness (QED) is 0.815. The third-order valence-corrected chi connectivity index (χ3v) is 2.93. The van der Waals surface area contributed by atoms with Crippen molar-refractivity contribution in [2.75, 3.05) is 6.54 Å². The van der Waals surface area contributed by atoms with E-state index in [1.165, 1.54) is 5.56 Å². The summed E-state index contributed by atoms with van der Waals surface area (Å²) in [5.41, 5.74) is 3.07. The first-order chi connectivity index (χ1) is 8.86. The molecule has 0 saturated carbocycles. The fourth-order valence-corrected chi connectivity index (χ4v) is 2.14. The van der Waals surface area contributed by atoms with Gasteiger partial charge in [0.25, 0.3) is 0 Å². The number of aromatic nitrogens is 2. The Kier molecular flexibility index (Phi) is 4.27. The Morgan fingerprint density at radius 1 is 1.33 bits per heavy atom. The van der Waals surface area contributed by atoms with Gasteiger partial charge in [-0.15, -0.1) is 12.3 Å². The van der Waals surface area contributed by atoms with E-state index in [1.807, 2.05) is 12.1 Å². The summed E-state index contributed by atoms with van der Waals surface area (Å²) in [6.45, 7) is 3.01. The minimum atomic E-state index is 0.242. The van der Waals surface area contributed by atoms with Crippen molar-refractivity contribution in [1.29, 1.82) is 0 Å². The minimum Gasteiger partial charge on any atom is -0.310 e. The molecule has 0 radical (unpaired) electrons. The molecule has 92 valence electrons. The molecule has 1 atom stereocenters. The number of nitrogens with one attached hydrogen (secondary N) is 1. The van der Waals surface area contributed by atoms with Gasteiger partial charge >= 0.3 is 0 Å². The van der Waals surface area contributed by atoms with Gasteiger partial charge in [0.2, 0.25) is 0 Å². The normalized spacial score (nSPS) is 12.2. The molecule has 1 unspecified atom stereocenters. The van der Waals surface area contributed by atoms with Gasteiger partial charge in [0.05, 0.1) is 11.0 Å². The van der Waals surface area contributed by atoms with Gasteiger partial charge in [0, 0.05) is 24.9 Å². The molecule has 0 aliphatic carbocycles. The Morgan fingerprint density at radius 3 is 2.94 bits per heavy atom. The zero-order chi connectivity index (χ0) is 12.8. The van der Waals surface area contributed by atoms with Crippen LogP contribution in [0.25, 0.3) is 11.0 Å². The van der Waals surface area contributed by atoms with Crippen molar-refractivity contribution in [3.8, 4) is 12.3 Å². The van der Waals surface area contributed by atoms with Crippen molar-refractivity contribution in [1.82, 2.24) is 15.3 Å². The lowest BCUT2D eigenvalue weighted by Crippen LogP contribution is -2.21. The Labute approximate surface area is 108 Å². The third kappa shape index (κ3) is 2.66. The zero-order valence-electron chi connectivity index (χ0n) is 10.6. The number of hydrogen-bond donors (Lipinski definition) is 1. The summed E-state index contributed by atoms with van der Waals surface area (Å²) in [6, 6.07) is 6.34. The molecule has 3 heteroatoms. The van der Waals surface area contributed by atoms with E-state index in [4.69, 9.17) is 6.42 Å². The minimum absolute atomic E-state index is 0.242. The molecule has 1 heterocycles. The van der Waals surface area contributed by atoms with Gasteiger partial charge in [-0.3, -0.25) is 9.97 Å². The summed E-state index contributed by atoms with van der Waals surface area (Å²) in [5, 5.41) is 3.46. The second-order valence-corrected chi connectivity index (χ2v) is 4.12. The predicted molar refractivity (Wildman–Crippen MR) is 74.0 cm³/mol. The maximum atomic E-state index is 5.36. The summed E-state index contributed by atoms with van der Waals surface area (Å²) < 4.78 is 0. The lowest BCUT2D eigenvalue weighted by Gasteiger charge is -2.18. The molecular weight excluding hydrogens is 222 g/mol. The largest absolute Gasteiger partial charge is 0.310 e. The fraction of sp³-hybridized carbons (Fsp3) is 0.333. The molecule has 2 aromatic rings. The average molecular weight is 239 g/mol. The lowest BCUT2D eigenvalue weighted by atomic mass is 10.0. The highest BCUT2D eigenvalue weighted by molar-refractivity contribution is 5.78. The molecule has 0 fully saturated rings. The van der Waals surface area contributed by atoms with Crippen molar-refractivity contribution >= 4 is 11.0 Å². The average Bonchev–Trinajstić information content (AvgIpc) is 2.43. The van der Waals surface area contributed by atoms with Crippen LogP contribution in [0.5, 0.6) is 0 Å². The van der Waals surface area contributed by atoms with Crippen molar-refractivity contribution in [3.05, 3.63) is 36.2 Å². The van der Waals surface area contributed by atoms with E-state index in [0.29, 0.717) is 0 Å². The first-order valence-corrected chi connectivity index (χ1v) is 6.23. The number of nitrogens with zero attached hydrogens (tertiary/aromatic N) is 2. The van der Waals surface area contributed by atoms with Crippen LogP contribution in [0.3, 0.4) is 0 Å². The van der Waals surface area contributed by atoms with E-state index in [9.17, 15) is 0 Å². The molecule has 0 aliphatic heterocycles. The van der Waals surface area contributed by atoms with E-state index < -0.39 is 0 Å². The SMILES string of the molecule is C#CCCC(NCC)c1cccc2nccnc12. The topological polar surface area (TPSA) is 37.8 Å². The monoisotopic (exact) mass is 239 g/mol. The molecular formula is C15H17N3. The van der Waals surface area contributed by atoms with Crippen LogP contribution in [-0.4, -0.2) is 16.5 Å². The molecule has 18 heavy (non-hydrogen) atoms. The Morgan fingerprint density at radius 2 is 2.17 bits per heavy atom. The molecule has 0 aliphatic rings. The van der Waals surface area contributed by atoms with E-state index in [2.05, 4.69) is 34.2 Å². The lowest BCUT2D eigenvalue weighted by molar-refractivity contribution is 0.525. The number of para-hydroxylation sites is 1. The molecule has 2 rings (SSSR count). The zero-order valence-corrected chi connectivity index (χ0v) is 10.6. The van der Waals surface area contributed by atoms with Crippen LogP contribution < -0.4 is 5.32 Å². The molecule has 0 amide bonds. The van der Waals surface area contributed by atoms with Crippen LogP contribution in [0, 0.1) is 12.3 Å². The third-order valence-electron chi connectivity index (χ3n) is 2.93. The van der Waals surface area contributed by atoms with Crippen molar-refractivity contribution in [2.45, 2.75) is 25.8 Å². The second kappa shape index (κ2) is 6.13. The number of benzene rings is 1. The fourth-order valence-electron chi connectivity index (χ4n) is 2.14. The summed E-state index contributed by atoms with van der Waals surface area (Å²) in [7, 11) is 0. The number of rotatable bonds is 5. The first-order valence-electron chi connectivity index (χ1n) is 6.23. The number of fused-ring (bicyclic) bond motifs is 1. The molecule has 1 N–H and O–H groups in total. The van der Waals surface area contributed by atoms with Gasteiger partial charge in [0.1, 0.15) is 0 Å². The van der Waals surface area contributed by atoms with E-state index in [1.54, 1.807) is 12.4 Å². The van der Waals surface area contributed by atoms with Gasteiger partial charge in [-0.2, -0.15) is 0 Å². The van der Waals surface area contributed by atoms with Crippen LogP contribution in [-0.2, 0) is 0 Å². The second-order valence-electron chi connectivity index (χ2n) is 4.12. The van der Waals surface area contributed by atoms with Crippen LogP contribution >= 0.6 is 0 Å². The predicted octanol–water partition coefficient (Wildman–Crippen LogP) is 2.69. The Bertz CT molecular complexity index is 552. The highest BCUT2D eigenvalue weighted by Crippen LogP contribution is 2.24. The van der Waals surface area contributed by atoms with E-state index >= 15 is 0 Å². The van der Waals surface area contributed by atoms with E-state index in [0.717, 1.165) is 30.4 Å². The van der Waals surface area contributed by atoms with Gasteiger partial charge in [0.15, 0.2) is 0 Å². The van der Waals surface area contributed by atoms with Crippen LogP contribution in [0.4, 0.5) is 0 Å². The molecule has 3 nitrogen and oxygen atoms in total. The highest BCUT2D eigenvalue weighted by atomic mass is 14.9. The smallest absolute Gasteiger partial charge is 0.0934 e. The molecule has 1 aromatic carbocycles. The van der Waals surface area contributed by atoms with Crippen LogP contribution in [0.2, 0.25) is 0 Å². The molecule has 0 saturated heterocycles. The maximum Gasteiger partial charge on any atom is 0.0934 e. The van der Waals surface area contributed by atoms with Crippen molar-refractivity contribution < 1.29 is 0 Å². The standard InChI is InChI=1S/C15H17N3/c1-3-5-8-13(16-4-2)12-7-6-9-14-15(12)18-11-10-17-14/h1,6-7,9-11,13,16H,4-5,8H2,2H3. The van der Waals surface area contributed by atoms with Crippen molar-refractivity contribution in [3.63, 3.8) is 0 Å². The summed E-state index contributed by atoms with van der Waals surface area (Å²) in [5.74, 6) is 2.70. The summed E-state index contributed by atoms with van der Waals surface area (Å²) >= 11 is 0. The van der Waals surface area contributed by atoms with Crippen molar-refractivity contribution in [2.24, 2.45) is 0 Å². The highest BCUT2D eigenvalue weighted by Gasteiger charge is 2.13. The Balaban J connectivity index is 2.40. The molecule has 0 spiro atoms. The van der Waals surface area contributed by atoms with Gasteiger partial charge in [-0.1, -0.05) is 19.1 Å². The number of hydrogen-bond acceptors (Lipinski definition) is 3. The van der Waals surface area contributed by atoms with Gasteiger partial charge < -0.3 is 5.32 Å². The molecule has 1 aromatic heterocycles. The van der Waals surface area contributed by atoms with Gasteiger partial charge in [-0.05, 0) is 24.6 Å². The van der Waals surface area contributed by atoms with E-state index in [-0.39, 0.29) is 6.04 Å². The number of terminal acetylenes is 1. The maximum absolute atomic E-state index is 5.36. The Hall–Kier alpha value is -1.92. The van der Waals surface area contributed by atoms with Crippen LogP contribution in [0.1, 0.15) is 31.4 Å². The summed E-state index contributed by atoms with van der Waals surface area (Å²) in [6.07, 6.45) is 10.5. The first kappa shape index (κ1) is 12.5. The van der Waals surface area contributed by atoms with Crippen LogP contribution in [0.15, 0.2) is 30.6 Å². The summed E-state index contributed by atoms with van der Waals surface area (Å²) in [4.78, 5) is 8.77.